The molecule has 0 aliphatic heterocycles. The third-order valence-corrected chi connectivity index (χ3v) is 2.62. The molecule has 0 atom stereocenters. The summed E-state index contributed by atoms with van der Waals surface area (Å²) in [7, 11) is 1.48. The molecule has 0 aliphatic rings. The molecule has 0 aliphatic carbocycles. The van der Waals surface area contributed by atoms with Gasteiger partial charge >= 0.3 is 0 Å². The Labute approximate surface area is 109 Å². The lowest BCUT2D eigenvalue weighted by Gasteiger charge is -2.10. The monoisotopic (exact) mass is 265 g/mol. The van der Waals surface area contributed by atoms with Gasteiger partial charge in [-0.1, -0.05) is 11.6 Å². The van der Waals surface area contributed by atoms with E-state index in [1.165, 1.54) is 17.7 Å². The predicted octanol–water partition coefficient (Wildman–Crippen LogP) is 1.66. The number of hydrogen-bond acceptors (Lipinski definition) is 4. The molecule has 0 spiro atoms. The average molecular weight is 266 g/mol. The lowest BCUT2D eigenvalue weighted by atomic mass is 10.2. The first-order valence-corrected chi connectivity index (χ1v) is 5.71. The van der Waals surface area contributed by atoms with Crippen LogP contribution < -0.4 is 10.3 Å². The molecule has 0 bridgehead atoms. The molecule has 0 fully saturated rings. The molecule has 0 aromatic carbocycles. The lowest BCUT2D eigenvalue weighted by Crippen LogP contribution is -2.23. The lowest BCUT2D eigenvalue weighted by molar-refractivity contribution is 0.350. The van der Waals surface area contributed by atoms with Crippen LogP contribution in [0.2, 0.25) is 5.15 Å². The highest BCUT2D eigenvalue weighted by molar-refractivity contribution is 6.29. The van der Waals surface area contributed by atoms with Crippen LogP contribution in [0.1, 0.15) is 11.3 Å². The van der Waals surface area contributed by atoms with Crippen LogP contribution in [-0.4, -0.2) is 21.6 Å². The van der Waals surface area contributed by atoms with Crippen molar-refractivity contribution in [1.29, 1.82) is 0 Å². The number of ether oxygens (including phenoxy) is 1. The Bertz CT molecular complexity index is 625. The van der Waals surface area contributed by atoms with E-state index in [0.717, 1.165) is 5.56 Å². The van der Waals surface area contributed by atoms with E-state index in [4.69, 9.17) is 16.3 Å². The number of pyridine rings is 1. The van der Waals surface area contributed by atoms with Gasteiger partial charge in [0.1, 0.15) is 5.15 Å². The molecule has 94 valence electrons. The smallest absolute Gasteiger partial charge is 0.299 e. The molecule has 2 aromatic heterocycles. The molecule has 2 aromatic rings. The normalized spacial score (nSPS) is 10.4. The van der Waals surface area contributed by atoms with E-state index in [0.29, 0.717) is 17.4 Å². The van der Waals surface area contributed by atoms with Crippen LogP contribution >= 0.6 is 11.6 Å². The van der Waals surface area contributed by atoms with Gasteiger partial charge < -0.3 is 4.74 Å². The van der Waals surface area contributed by atoms with Crippen molar-refractivity contribution in [1.82, 2.24) is 14.5 Å². The van der Waals surface area contributed by atoms with Crippen molar-refractivity contribution in [3.63, 3.8) is 0 Å². The first-order chi connectivity index (χ1) is 8.60. The van der Waals surface area contributed by atoms with Gasteiger partial charge in [-0.25, -0.2) is 9.97 Å². The summed E-state index contributed by atoms with van der Waals surface area (Å²) < 4.78 is 6.56. The summed E-state index contributed by atoms with van der Waals surface area (Å²) in [5, 5.41) is 0.389. The second-order valence-corrected chi connectivity index (χ2v) is 4.18. The fraction of sp³-hybridized carbons (Fsp3) is 0.250. The van der Waals surface area contributed by atoms with Gasteiger partial charge in [0.15, 0.2) is 0 Å². The third kappa shape index (κ3) is 2.68. The predicted molar refractivity (Wildman–Crippen MR) is 68.1 cm³/mol. The molecule has 0 saturated heterocycles. The second-order valence-electron chi connectivity index (χ2n) is 3.80. The van der Waals surface area contributed by atoms with Crippen molar-refractivity contribution in [3.05, 3.63) is 51.2 Å². The Morgan fingerprint density at radius 2 is 2.22 bits per heavy atom. The van der Waals surface area contributed by atoms with E-state index in [1.807, 2.05) is 0 Å². The fourth-order valence-corrected chi connectivity index (χ4v) is 1.82. The number of rotatable bonds is 3. The molecule has 2 heterocycles. The maximum absolute atomic E-state index is 11.9. The molecule has 0 N–H and O–H groups in total. The molecule has 0 saturated carbocycles. The molecule has 18 heavy (non-hydrogen) atoms. The van der Waals surface area contributed by atoms with E-state index in [1.54, 1.807) is 25.3 Å². The Kier molecular flexibility index (Phi) is 3.62. The first-order valence-electron chi connectivity index (χ1n) is 5.33. The zero-order valence-corrected chi connectivity index (χ0v) is 10.8. The Morgan fingerprint density at radius 1 is 1.44 bits per heavy atom. The molecule has 0 amide bonds. The average Bonchev–Trinajstić information content (AvgIpc) is 2.32. The van der Waals surface area contributed by atoms with Gasteiger partial charge in [-0.3, -0.25) is 9.36 Å². The van der Waals surface area contributed by atoms with Gasteiger partial charge in [0.25, 0.3) is 11.6 Å². The topological polar surface area (TPSA) is 57.0 Å². The van der Waals surface area contributed by atoms with Crippen LogP contribution in [0.5, 0.6) is 6.01 Å². The van der Waals surface area contributed by atoms with Crippen LogP contribution in [-0.2, 0) is 6.54 Å². The minimum atomic E-state index is -0.160. The molecular formula is C12H12ClN3O2. The van der Waals surface area contributed by atoms with Crippen molar-refractivity contribution >= 4 is 11.6 Å². The maximum Gasteiger partial charge on any atom is 0.299 e. The van der Waals surface area contributed by atoms with Crippen molar-refractivity contribution in [2.75, 3.05) is 7.11 Å². The molecule has 6 heteroatoms. The summed E-state index contributed by atoms with van der Waals surface area (Å²) in [6.07, 6.45) is 1.59. The summed E-state index contributed by atoms with van der Waals surface area (Å²) in [6, 6.07) is 5.24. The highest BCUT2D eigenvalue weighted by atomic mass is 35.5. The number of aryl methyl sites for hydroxylation is 1. The first kappa shape index (κ1) is 12.6. The van der Waals surface area contributed by atoms with Crippen LogP contribution in [0.3, 0.4) is 0 Å². The van der Waals surface area contributed by atoms with E-state index >= 15 is 0 Å². The van der Waals surface area contributed by atoms with Crippen molar-refractivity contribution in [3.8, 4) is 6.01 Å². The van der Waals surface area contributed by atoms with Crippen LogP contribution in [0.4, 0.5) is 0 Å². The van der Waals surface area contributed by atoms with Gasteiger partial charge in [-0.05, 0) is 24.6 Å². The van der Waals surface area contributed by atoms with E-state index in [2.05, 4.69) is 9.97 Å². The summed E-state index contributed by atoms with van der Waals surface area (Å²) >= 11 is 5.80. The largest absolute Gasteiger partial charge is 0.468 e. The van der Waals surface area contributed by atoms with E-state index in [9.17, 15) is 4.79 Å². The van der Waals surface area contributed by atoms with Crippen molar-refractivity contribution < 1.29 is 4.74 Å². The van der Waals surface area contributed by atoms with E-state index in [-0.39, 0.29) is 11.6 Å². The maximum atomic E-state index is 11.9. The number of methoxy groups -OCH3 is 1. The van der Waals surface area contributed by atoms with Gasteiger partial charge in [0, 0.05) is 18.0 Å². The highest BCUT2D eigenvalue weighted by Gasteiger charge is 2.08. The van der Waals surface area contributed by atoms with E-state index < -0.39 is 0 Å². The number of hydrogen-bond donors (Lipinski definition) is 0. The molecule has 2 rings (SSSR count). The zero-order chi connectivity index (χ0) is 13.1. The molecular weight excluding hydrogens is 254 g/mol. The Hall–Kier alpha value is -1.88. The standard InChI is InChI=1S/C12H12ClN3O2/c1-8-5-11(17)16(12(15-8)18-2)7-9-3-4-14-10(13)6-9/h3-6H,7H2,1-2H3. The minimum Gasteiger partial charge on any atom is -0.468 e. The summed E-state index contributed by atoms with van der Waals surface area (Å²) in [5.41, 5.74) is 1.33. The zero-order valence-electron chi connectivity index (χ0n) is 10.1. The van der Waals surface area contributed by atoms with Crippen LogP contribution in [0.15, 0.2) is 29.2 Å². The highest BCUT2D eigenvalue weighted by Crippen LogP contribution is 2.11. The summed E-state index contributed by atoms with van der Waals surface area (Å²) in [5.74, 6) is 0. The van der Waals surface area contributed by atoms with Gasteiger partial charge in [-0.15, -0.1) is 0 Å². The van der Waals surface area contributed by atoms with Crippen molar-refractivity contribution in [2.24, 2.45) is 0 Å². The number of nitrogens with zero attached hydrogens (tertiary/aromatic N) is 3. The van der Waals surface area contributed by atoms with Gasteiger partial charge in [0.2, 0.25) is 0 Å². The number of halogens is 1. The molecule has 0 unspecified atom stereocenters. The van der Waals surface area contributed by atoms with Crippen LogP contribution in [0, 0.1) is 6.92 Å². The molecule has 0 radical (unpaired) electrons. The van der Waals surface area contributed by atoms with Gasteiger partial charge in [0.05, 0.1) is 13.7 Å². The number of aromatic nitrogens is 3. The Balaban J connectivity index is 2.43. The van der Waals surface area contributed by atoms with Crippen molar-refractivity contribution in [2.45, 2.75) is 13.5 Å². The minimum absolute atomic E-state index is 0.160. The molecule has 5 nitrogen and oxygen atoms in total. The summed E-state index contributed by atoms with van der Waals surface area (Å²) in [6.45, 7) is 2.09. The summed E-state index contributed by atoms with van der Waals surface area (Å²) in [4.78, 5) is 20.0. The van der Waals surface area contributed by atoms with Crippen LogP contribution in [0.25, 0.3) is 0 Å². The fourth-order valence-electron chi connectivity index (χ4n) is 1.62. The third-order valence-electron chi connectivity index (χ3n) is 2.42. The second kappa shape index (κ2) is 5.18. The van der Waals surface area contributed by atoms with Gasteiger partial charge in [-0.2, -0.15) is 0 Å². The Morgan fingerprint density at radius 3 is 2.89 bits per heavy atom. The SMILES string of the molecule is COc1nc(C)cc(=O)n1Cc1ccnc(Cl)c1. The quantitative estimate of drug-likeness (QED) is 0.792.